The molecule has 0 spiro atoms. The Balaban J connectivity index is 2.31. The van der Waals surface area contributed by atoms with Gasteiger partial charge in [-0.2, -0.15) is 4.98 Å². The van der Waals surface area contributed by atoms with Gasteiger partial charge >= 0.3 is 5.69 Å². The first-order valence-corrected chi connectivity index (χ1v) is 8.19. The van der Waals surface area contributed by atoms with E-state index in [2.05, 4.69) is 15.3 Å². The standard InChI is InChI=1S/C15H25N5O4/c1-4-23-9-6-7-16-14-17-12-11(20(14)8-10-24-5-2)13(21)18-15(22)19(12)3/h4-10H2,1-3H3,(H,16,17)(H,18,21,22). The van der Waals surface area contributed by atoms with Crippen LogP contribution in [0.1, 0.15) is 20.3 Å². The van der Waals surface area contributed by atoms with Crippen molar-refractivity contribution in [2.75, 3.05) is 38.3 Å². The summed E-state index contributed by atoms with van der Waals surface area (Å²) in [6, 6.07) is 0. The number of ether oxygens (including phenoxy) is 2. The number of aromatic nitrogens is 4. The van der Waals surface area contributed by atoms with Crippen molar-refractivity contribution >= 4 is 17.1 Å². The van der Waals surface area contributed by atoms with Crippen LogP contribution in [-0.4, -0.2) is 52.1 Å². The number of anilines is 1. The molecule has 0 saturated carbocycles. The lowest BCUT2D eigenvalue weighted by Gasteiger charge is -2.10. The molecule has 0 fully saturated rings. The minimum absolute atomic E-state index is 0.354. The zero-order valence-corrected chi connectivity index (χ0v) is 14.4. The monoisotopic (exact) mass is 339 g/mol. The number of aryl methyl sites for hydroxylation is 1. The Morgan fingerprint density at radius 1 is 1.17 bits per heavy atom. The Labute approximate surface area is 139 Å². The fourth-order valence-corrected chi connectivity index (χ4v) is 2.41. The summed E-state index contributed by atoms with van der Waals surface area (Å²) in [7, 11) is 1.58. The van der Waals surface area contributed by atoms with Crippen LogP contribution in [0.5, 0.6) is 0 Å². The smallest absolute Gasteiger partial charge is 0.329 e. The molecule has 9 heteroatoms. The van der Waals surface area contributed by atoms with E-state index in [1.165, 1.54) is 4.57 Å². The first kappa shape index (κ1) is 18.2. The lowest BCUT2D eigenvalue weighted by molar-refractivity contribution is 0.140. The third kappa shape index (κ3) is 4.04. The highest BCUT2D eigenvalue weighted by atomic mass is 16.5. The van der Waals surface area contributed by atoms with Gasteiger partial charge in [0.05, 0.1) is 6.61 Å². The highest BCUT2D eigenvalue weighted by molar-refractivity contribution is 5.74. The van der Waals surface area contributed by atoms with Crippen molar-refractivity contribution in [2.24, 2.45) is 7.05 Å². The van der Waals surface area contributed by atoms with E-state index >= 15 is 0 Å². The van der Waals surface area contributed by atoms with Crippen molar-refractivity contribution < 1.29 is 9.47 Å². The number of hydrogen-bond acceptors (Lipinski definition) is 6. The van der Waals surface area contributed by atoms with Crippen molar-refractivity contribution in [3.05, 3.63) is 20.8 Å². The van der Waals surface area contributed by atoms with Crippen LogP contribution < -0.4 is 16.6 Å². The van der Waals surface area contributed by atoms with Gasteiger partial charge in [0.25, 0.3) is 5.56 Å². The van der Waals surface area contributed by atoms with E-state index in [0.717, 1.165) is 6.42 Å². The van der Waals surface area contributed by atoms with Crippen molar-refractivity contribution in [2.45, 2.75) is 26.8 Å². The number of nitrogens with zero attached hydrogens (tertiary/aromatic N) is 3. The maximum absolute atomic E-state index is 12.2. The van der Waals surface area contributed by atoms with Gasteiger partial charge in [0, 0.05) is 40.0 Å². The fraction of sp³-hybridized carbons (Fsp3) is 0.667. The molecule has 2 aromatic rings. The van der Waals surface area contributed by atoms with Gasteiger partial charge in [0.15, 0.2) is 11.2 Å². The van der Waals surface area contributed by atoms with Gasteiger partial charge in [0.1, 0.15) is 0 Å². The molecule has 0 aliphatic heterocycles. The molecule has 9 nitrogen and oxygen atoms in total. The second kappa shape index (κ2) is 8.65. The number of H-pyrrole nitrogens is 1. The Bertz CT molecular complexity index is 776. The van der Waals surface area contributed by atoms with E-state index in [-0.39, 0.29) is 0 Å². The SMILES string of the molecule is CCOCCCNc1nc2c(c(=O)[nH]c(=O)n2C)n1CCOCC. The van der Waals surface area contributed by atoms with Crippen LogP contribution in [0.3, 0.4) is 0 Å². The number of hydrogen-bond donors (Lipinski definition) is 2. The third-order valence-electron chi connectivity index (χ3n) is 3.62. The zero-order chi connectivity index (χ0) is 17.5. The van der Waals surface area contributed by atoms with Crippen LogP contribution in [0, 0.1) is 0 Å². The van der Waals surface area contributed by atoms with Crippen molar-refractivity contribution in [1.29, 1.82) is 0 Å². The maximum Gasteiger partial charge on any atom is 0.329 e. The minimum atomic E-state index is -0.482. The van der Waals surface area contributed by atoms with Crippen molar-refractivity contribution in [3.8, 4) is 0 Å². The summed E-state index contributed by atoms with van der Waals surface area (Å²) in [5.41, 5.74) is -0.207. The van der Waals surface area contributed by atoms with Crippen LogP contribution in [0.2, 0.25) is 0 Å². The highest BCUT2D eigenvalue weighted by Crippen LogP contribution is 2.15. The molecule has 0 aromatic carbocycles. The Hall–Kier alpha value is -2.13. The number of imidazole rings is 1. The molecule has 0 amide bonds. The number of fused-ring (bicyclic) bond motifs is 1. The Morgan fingerprint density at radius 2 is 1.88 bits per heavy atom. The van der Waals surface area contributed by atoms with Crippen LogP contribution in [0.15, 0.2) is 9.59 Å². The molecule has 134 valence electrons. The van der Waals surface area contributed by atoms with Crippen molar-refractivity contribution in [3.63, 3.8) is 0 Å². The normalized spacial score (nSPS) is 11.3. The zero-order valence-electron chi connectivity index (χ0n) is 14.4. The third-order valence-corrected chi connectivity index (χ3v) is 3.62. The molecule has 2 aromatic heterocycles. The molecule has 24 heavy (non-hydrogen) atoms. The van der Waals surface area contributed by atoms with E-state index in [0.29, 0.717) is 56.6 Å². The van der Waals surface area contributed by atoms with Gasteiger partial charge < -0.3 is 19.4 Å². The van der Waals surface area contributed by atoms with Crippen LogP contribution in [-0.2, 0) is 23.1 Å². The molecule has 2 rings (SSSR count). The topological polar surface area (TPSA) is 103 Å². The number of aromatic amines is 1. The highest BCUT2D eigenvalue weighted by Gasteiger charge is 2.16. The van der Waals surface area contributed by atoms with Gasteiger partial charge in [-0.15, -0.1) is 0 Å². The van der Waals surface area contributed by atoms with Crippen LogP contribution >= 0.6 is 0 Å². The van der Waals surface area contributed by atoms with Gasteiger partial charge in [0.2, 0.25) is 5.95 Å². The molecule has 0 saturated heterocycles. The molecule has 0 atom stereocenters. The first-order chi connectivity index (χ1) is 11.6. The fourth-order valence-electron chi connectivity index (χ4n) is 2.41. The first-order valence-electron chi connectivity index (χ1n) is 8.19. The number of nitrogens with one attached hydrogen (secondary N) is 2. The molecule has 0 radical (unpaired) electrons. The minimum Gasteiger partial charge on any atom is -0.382 e. The summed E-state index contributed by atoms with van der Waals surface area (Å²) in [6.45, 7) is 7.38. The summed E-state index contributed by atoms with van der Waals surface area (Å²) < 4.78 is 13.8. The van der Waals surface area contributed by atoms with Crippen LogP contribution in [0.4, 0.5) is 5.95 Å². The molecule has 2 N–H and O–H groups in total. The summed E-state index contributed by atoms with van der Waals surface area (Å²) >= 11 is 0. The summed E-state index contributed by atoms with van der Waals surface area (Å²) in [4.78, 5) is 30.7. The molecule has 0 bridgehead atoms. The van der Waals surface area contributed by atoms with E-state index in [4.69, 9.17) is 9.47 Å². The maximum atomic E-state index is 12.2. The lowest BCUT2D eigenvalue weighted by atomic mass is 10.4. The van der Waals surface area contributed by atoms with E-state index in [9.17, 15) is 9.59 Å². The van der Waals surface area contributed by atoms with Gasteiger partial charge in [-0.1, -0.05) is 0 Å². The predicted octanol–water partition coefficient (Wildman–Crippen LogP) is 0.298. The molecule has 0 unspecified atom stereocenters. The molecule has 0 aliphatic carbocycles. The summed E-state index contributed by atoms with van der Waals surface area (Å²) in [5.74, 6) is 0.549. The van der Waals surface area contributed by atoms with Gasteiger partial charge in [-0.25, -0.2) is 4.79 Å². The Morgan fingerprint density at radius 3 is 2.58 bits per heavy atom. The lowest BCUT2D eigenvalue weighted by Crippen LogP contribution is -2.29. The quantitative estimate of drug-likeness (QED) is 0.604. The van der Waals surface area contributed by atoms with Gasteiger partial charge in [-0.3, -0.25) is 14.3 Å². The average molecular weight is 339 g/mol. The number of rotatable bonds is 10. The molecule has 0 aliphatic rings. The second-order valence-electron chi connectivity index (χ2n) is 5.25. The molecule has 2 heterocycles. The summed E-state index contributed by atoms with van der Waals surface area (Å²) in [6.07, 6.45) is 0.817. The largest absolute Gasteiger partial charge is 0.382 e. The van der Waals surface area contributed by atoms with E-state index in [1.54, 1.807) is 11.6 Å². The molecular weight excluding hydrogens is 314 g/mol. The molecular formula is C15H25N5O4. The predicted molar refractivity (Wildman–Crippen MR) is 91.7 cm³/mol. The van der Waals surface area contributed by atoms with E-state index < -0.39 is 11.2 Å². The van der Waals surface area contributed by atoms with Gasteiger partial charge in [-0.05, 0) is 20.3 Å². The second-order valence-corrected chi connectivity index (χ2v) is 5.25. The van der Waals surface area contributed by atoms with E-state index in [1.807, 2.05) is 13.8 Å². The van der Waals surface area contributed by atoms with Crippen LogP contribution in [0.25, 0.3) is 11.2 Å². The average Bonchev–Trinajstić information content (AvgIpc) is 2.92. The Kier molecular flexibility index (Phi) is 6.56. The van der Waals surface area contributed by atoms with Crippen molar-refractivity contribution in [1.82, 2.24) is 19.1 Å². The summed E-state index contributed by atoms with van der Waals surface area (Å²) in [5, 5.41) is 3.21.